The fraction of sp³-hybridized carbons (Fsp3) is 0.800. The molecule has 0 amide bonds. The molecule has 0 aliphatic carbocycles. The van der Waals surface area contributed by atoms with Gasteiger partial charge in [0.1, 0.15) is 0 Å². The van der Waals surface area contributed by atoms with Crippen molar-refractivity contribution >= 4 is 6.21 Å². The molecule has 0 aromatic carbocycles. The molecule has 1 heteroatoms. The topological polar surface area (TPSA) is 22.3 Å². The first-order valence-electron chi connectivity index (χ1n) is 2.23. The normalized spacial score (nSPS) is 9.17. The SMILES string of the molecule is CC(C)CC=[N]. The van der Waals surface area contributed by atoms with Crippen LogP contribution in [0.25, 0.3) is 0 Å². The fourth-order valence-electron chi connectivity index (χ4n) is 0.211. The Balaban J connectivity index is 2.81. The number of hydrogen-bond donors (Lipinski definition) is 0. The van der Waals surface area contributed by atoms with Crippen LogP contribution in [0.4, 0.5) is 0 Å². The van der Waals surface area contributed by atoms with Crippen molar-refractivity contribution < 1.29 is 0 Å². The van der Waals surface area contributed by atoms with Gasteiger partial charge in [-0.2, -0.15) is 5.41 Å². The number of rotatable bonds is 2. The highest BCUT2D eigenvalue weighted by atomic mass is 14.3. The summed E-state index contributed by atoms with van der Waals surface area (Å²) < 4.78 is 0. The lowest BCUT2D eigenvalue weighted by molar-refractivity contribution is 0.691. The molecule has 0 spiro atoms. The lowest BCUT2D eigenvalue weighted by atomic mass is 10.2. The summed E-state index contributed by atoms with van der Waals surface area (Å²) in [5.41, 5.74) is 0. The molecule has 1 nitrogen and oxygen atoms in total. The molecule has 0 unspecified atom stereocenters. The molecule has 0 rings (SSSR count). The summed E-state index contributed by atoms with van der Waals surface area (Å²) in [4.78, 5) is 0. The molecule has 0 aromatic rings. The Morgan fingerprint density at radius 3 is 2.17 bits per heavy atom. The van der Waals surface area contributed by atoms with E-state index in [9.17, 15) is 0 Å². The zero-order valence-electron chi connectivity index (χ0n) is 4.31. The molecule has 35 valence electrons. The Morgan fingerprint density at radius 1 is 1.67 bits per heavy atom. The van der Waals surface area contributed by atoms with Gasteiger partial charge in [0.25, 0.3) is 0 Å². The lowest BCUT2D eigenvalue weighted by Gasteiger charge is -1.90. The van der Waals surface area contributed by atoms with Crippen molar-refractivity contribution in [3.05, 3.63) is 0 Å². The zero-order chi connectivity index (χ0) is 4.99. The van der Waals surface area contributed by atoms with Crippen LogP contribution < -0.4 is 5.41 Å². The Kier molecular flexibility index (Phi) is 2.73. The highest BCUT2D eigenvalue weighted by molar-refractivity contribution is 5.54. The first kappa shape index (κ1) is 5.67. The summed E-state index contributed by atoms with van der Waals surface area (Å²) in [5.74, 6) is 0.593. The minimum Gasteiger partial charge on any atom is -0.164 e. The van der Waals surface area contributed by atoms with E-state index in [1.54, 1.807) is 0 Å². The van der Waals surface area contributed by atoms with Gasteiger partial charge in [0, 0.05) is 6.21 Å². The molecule has 6 heavy (non-hydrogen) atoms. The van der Waals surface area contributed by atoms with Crippen molar-refractivity contribution in [2.45, 2.75) is 20.3 Å². The van der Waals surface area contributed by atoms with Crippen molar-refractivity contribution in [2.24, 2.45) is 5.92 Å². The second-order valence-corrected chi connectivity index (χ2v) is 1.81. The van der Waals surface area contributed by atoms with Gasteiger partial charge in [-0.05, 0) is 12.3 Å². The zero-order valence-corrected chi connectivity index (χ0v) is 4.31. The summed E-state index contributed by atoms with van der Waals surface area (Å²) in [6, 6.07) is 0. The van der Waals surface area contributed by atoms with E-state index in [1.165, 1.54) is 6.21 Å². The van der Waals surface area contributed by atoms with Crippen LogP contribution in [-0.2, 0) is 0 Å². The van der Waals surface area contributed by atoms with Crippen LogP contribution in [0.15, 0.2) is 0 Å². The number of hydrogen-bond acceptors (Lipinski definition) is 0. The van der Waals surface area contributed by atoms with Crippen molar-refractivity contribution in [2.75, 3.05) is 0 Å². The van der Waals surface area contributed by atoms with Gasteiger partial charge < -0.3 is 0 Å². The molecule has 0 saturated carbocycles. The maximum atomic E-state index is 8.11. The van der Waals surface area contributed by atoms with Gasteiger partial charge in [-0.25, -0.2) is 0 Å². The summed E-state index contributed by atoms with van der Waals surface area (Å²) >= 11 is 0. The summed E-state index contributed by atoms with van der Waals surface area (Å²) in [5, 5.41) is 8.11. The first-order valence-corrected chi connectivity index (χ1v) is 2.23. The summed E-state index contributed by atoms with van der Waals surface area (Å²) in [6.07, 6.45) is 2.00. The molecule has 0 atom stereocenters. The highest BCUT2D eigenvalue weighted by Gasteiger charge is 1.84. The van der Waals surface area contributed by atoms with Gasteiger partial charge >= 0.3 is 0 Å². The van der Waals surface area contributed by atoms with E-state index < -0.39 is 0 Å². The third-order valence-corrected chi connectivity index (χ3v) is 0.577. The summed E-state index contributed by atoms with van der Waals surface area (Å²) in [7, 11) is 0. The summed E-state index contributed by atoms with van der Waals surface area (Å²) in [6.45, 7) is 4.12. The lowest BCUT2D eigenvalue weighted by Crippen LogP contribution is -1.85. The minimum absolute atomic E-state index is 0.593. The predicted molar refractivity (Wildman–Crippen MR) is 27.7 cm³/mol. The molecule has 0 fully saturated rings. The highest BCUT2D eigenvalue weighted by Crippen LogP contribution is 1.92. The van der Waals surface area contributed by atoms with Crippen molar-refractivity contribution in [1.29, 1.82) is 0 Å². The molecule has 0 heterocycles. The van der Waals surface area contributed by atoms with Gasteiger partial charge in [0.05, 0.1) is 0 Å². The third kappa shape index (κ3) is 3.67. The average Bonchev–Trinajstić information content (AvgIpc) is 1.35. The van der Waals surface area contributed by atoms with E-state index in [-0.39, 0.29) is 0 Å². The quantitative estimate of drug-likeness (QED) is 0.444. The third-order valence-electron chi connectivity index (χ3n) is 0.577. The fourth-order valence-corrected chi connectivity index (χ4v) is 0.211. The standard InChI is InChI=1S/C5H10N/c1-5(2)3-4-6/h4-5H,3H2,1-2H3. The van der Waals surface area contributed by atoms with Gasteiger partial charge in [0.2, 0.25) is 0 Å². The van der Waals surface area contributed by atoms with Crippen LogP contribution in [0.1, 0.15) is 20.3 Å². The maximum Gasteiger partial charge on any atom is 0.0272 e. The Hall–Kier alpha value is -0.330. The molecule has 0 bridgehead atoms. The van der Waals surface area contributed by atoms with Crippen LogP contribution >= 0.6 is 0 Å². The van der Waals surface area contributed by atoms with Crippen molar-refractivity contribution in [1.82, 2.24) is 5.41 Å². The van der Waals surface area contributed by atoms with Gasteiger partial charge in [-0.1, -0.05) is 13.8 Å². The minimum atomic E-state index is 0.593. The van der Waals surface area contributed by atoms with E-state index in [1.807, 2.05) is 0 Å². The molecule has 0 N–H and O–H groups in total. The van der Waals surface area contributed by atoms with Crippen molar-refractivity contribution in [3.8, 4) is 0 Å². The monoisotopic (exact) mass is 84.1 g/mol. The smallest absolute Gasteiger partial charge is 0.0272 e. The van der Waals surface area contributed by atoms with E-state index in [0.29, 0.717) is 5.92 Å². The van der Waals surface area contributed by atoms with Crippen LogP contribution in [-0.4, -0.2) is 6.21 Å². The Bertz CT molecular complexity index is 39.2. The van der Waals surface area contributed by atoms with Crippen LogP contribution in [0.3, 0.4) is 0 Å². The second-order valence-electron chi connectivity index (χ2n) is 1.81. The van der Waals surface area contributed by atoms with E-state index in [4.69, 9.17) is 5.41 Å². The van der Waals surface area contributed by atoms with E-state index in [2.05, 4.69) is 13.8 Å². The Labute approximate surface area is 38.9 Å². The first-order chi connectivity index (χ1) is 2.77. The maximum absolute atomic E-state index is 8.11. The average molecular weight is 84.1 g/mol. The molecule has 1 radical (unpaired) electrons. The van der Waals surface area contributed by atoms with Gasteiger partial charge in [0.15, 0.2) is 0 Å². The van der Waals surface area contributed by atoms with Gasteiger partial charge in [-0.3, -0.25) is 0 Å². The molecular formula is C5H10N. The van der Waals surface area contributed by atoms with E-state index >= 15 is 0 Å². The molecule has 0 aliphatic heterocycles. The van der Waals surface area contributed by atoms with Crippen LogP contribution in [0.2, 0.25) is 0 Å². The van der Waals surface area contributed by atoms with Crippen LogP contribution in [0, 0.1) is 5.92 Å². The Morgan fingerprint density at radius 2 is 2.17 bits per heavy atom. The predicted octanol–water partition coefficient (Wildman–Crippen LogP) is 0.903. The molecule has 0 aliphatic rings. The van der Waals surface area contributed by atoms with Gasteiger partial charge in [-0.15, -0.1) is 0 Å². The second kappa shape index (κ2) is 2.88. The molecular weight excluding hydrogens is 74.1 g/mol. The largest absolute Gasteiger partial charge is 0.164 e. The van der Waals surface area contributed by atoms with E-state index in [0.717, 1.165) is 6.42 Å². The molecule has 0 saturated heterocycles. The van der Waals surface area contributed by atoms with Crippen LogP contribution in [0.5, 0.6) is 0 Å². The molecule has 0 aromatic heterocycles. The van der Waals surface area contributed by atoms with Crippen molar-refractivity contribution in [3.63, 3.8) is 0 Å². The number of nitrogens with zero attached hydrogens (tertiary/aromatic N) is 1.